The maximum atomic E-state index is 13.1. The summed E-state index contributed by atoms with van der Waals surface area (Å²) >= 11 is 6.14. The topological polar surface area (TPSA) is 9.23 Å². The van der Waals surface area contributed by atoms with Gasteiger partial charge >= 0.3 is 0 Å². The summed E-state index contributed by atoms with van der Waals surface area (Å²) in [6.07, 6.45) is 2.94. The highest BCUT2D eigenvalue weighted by Crippen LogP contribution is 2.33. The van der Waals surface area contributed by atoms with E-state index in [2.05, 4.69) is 6.92 Å². The molecule has 1 aliphatic rings. The SMILES string of the molecule is CCC(CC1Cc2cc(F)ccc2O1)C(C)Cl. The highest BCUT2D eigenvalue weighted by molar-refractivity contribution is 6.20. The van der Waals surface area contributed by atoms with Crippen LogP contribution in [0.1, 0.15) is 32.3 Å². The summed E-state index contributed by atoms with van der Waals surface area (Å²) in [6, 6.07) is 4.73. The molecular weight excluding hydrogens is 239 g/mol. The van der Waals surface area contributed by atoms with Gasteiger partial charge in [0.1, 0.15) is 17.7 Å². The highest BCUT2D eigenvalue weighted by Gasteiger charge is 2.27. The predicted molar refractivity (Wildman–Crippen MR) is 68.2 cm³/mol. The van der Waals surface area contributed by atoms with E-state index in [0.29, 0.717) is 5.92 Å². The lowest BCUT2D eigenvalue weighted by Gasteiger charge is -2.21. The van der Waals surface area contributed by atoms with Crippen LogP contribution in [0, 0.1) is 11.7 Å². The lowest BCUT2D eigenvalue weighted by molar-refractivity contribution is 0.190. The fraction of sp³-hybridized carbons (Fsp3) is 0.571. The van der Waals surface area contributed by atoms with E-state index in [1.54, 1.807) is 12.1 Å². The number of rotatable bonds is 4. The molecule has 3 unspecified atom stereocenters. The van der Waals surface area contributed by atoms with Gasteiger partial charge in [-0.3, -0.25) is 0 Å². The second kappa shape index (κ2) is 5.26. The van der Waals surface area contributed by atoms with Gasteiger partial charge in [0.2, 0.25) is 0 Å². The average molecular weight is 257 g/mol. The third kappa shape index (κ3) is 2.92. The Balaban J connectivity index is 2.00. The molecule has 0 fully saturated rings. The molecule has 0 saturated carbocycles. The summed E-state index contributed by atoms with van der Waals surface area (Å²) in [5.41, 5.74) is 0.979. The van der Waals surface area contributed by atoms with E-state index in [1.807, 2.05) is 6.92 Å². The van der Waals surface area contributed by atoms with Crippen LogP contribution in [-0.4, -0.2) is 11.5 Å². The summed E-state index contributed by atoms with van der Waals surface area (Å²) in [5.74, 6) is 1.10. The van der Waals surface area contributed by atoms with Crippen LogP contribution in [0.15, 0.2) is 18.2 Å². The van der Waals surface area contributed by atoms with Crippen LogP contribution in [0.2, 0.25) is 0 Å². The Morgan fingerprint density at radius 1 is 1.53 bits per heavy atom. The van der Waals surface area contributed by atoms with Crippen molar-refractivity contribution < 1.29 is 9.13 Å². The quantitative estimate of drug-likeness (QED) is 0.735. The van der Waals surface area contributed by atoms with Crippen molar-refractivity contribution in [2.75, 3.05) is 0 Å². The van der Waals surface area contributed by atoms with E-state index in [1.165, 1.54) is 6.07 Å². The maximum Gasteiger partial charge on any atom is 0.123 e. The molecule has 2 rings (SSSR count). The van der Waals surface area contributed by atoms with E-state index >= 15 is 0 Å². The summed E-state index contributed by atoms with van der Waals surface area (Å²) in [5, 5.41) is 0.157. The lowest BCUT2D eigenvalue weighted by Crippen LogP contribution is -2.22. The first kappa shape index (κ1) is 12.7. The smallest absolute Gasteiger partial charge is 0.123 e. The molecule has 0 N–H and O–H groups in total. The molecule has 1 aliphatic heterocycles. The van der Waals surface area contributed by atoms with Crippen molar-refractivity contribution in [1.29, 1.82) is 0 Å². The minimum atomic E-state index is -0.189. The van der Waals surface area contributed by atoms with Gasteiger partial charge in [0.15, 0.2) is 0 Å². The molecule has 3 heteroatoms. The maximum absolute atomic E-state index is 13.1. The average Bonchev–Trinajstić information content (AvgIpc) is 2.66. The van der Waals surface area contributed by atoms with Crippen molar-refractivity contribution in [2.24, 2.45) is 5.92 Å². The first-order valence-corrected chi connectivity index (χ1v) is 6.63. The van der Waals surface area contributed by atoms with Crippen molar-refractivity contribution >= 4 is 11.6 Å². The number of fused-ring (bicyclic) bond motifs is 1. The van der Waals surface area contributed by atoms with Gasteiger partial charge in [0.25, 0.3) is 0 Å². The molecule has 0 aromatic heterocycles. The standard InChI is InChI=1S/C14H18ClFO/c1-3-10(9(2)15)7-13-8-11-6-12(16)4-5-14(11)17-13/h4-6,9-10,13H,3,7-8H2,1-2H3. The van der Waals surface area contributed by atoms with Gasteiger partial charge in [-0.25, -0.2) is 4.39 Å². The Bertz CT molecular complexity index is 392. The van der Waals surface area contributed by atoms with Crippen molar-refractivity contribution in [3.63, 3.8) is 0 Å². The first-order valence-electron chi connectivity index (χ1n) is 6.19. The molecule has 0 aliphatic carbocycles. The molecule has 3 atom stereocenters. The van der Waals surface area contributed by atoms with Gasteiger partial charge in [-0.2, -0.15) is 0 Å². The zero-order valence-electron chi connectivity index (χ0n) is 10.2. The Hall–Kier alpha value is -0.760. The van der Waals surface area contributed by atoms with Crippen molar-refractivity contribution in [1.82, 2.24) is 0 Å². The minimum Gasteiger partial charge on any atom is -0.490 e. The number of alkyl halides is 1. The van der Waals surface area contributed by atoms with Crippen molar-refractivity contribution in [3.8, 4) is 5.75 Å². The molecule has 1 aromatic rings. The minimum absolute atomic E-state index is 0.151. The van der Waals surface area contributed by atoms with Crippen LogP contribution in [0.25, 0.3) is 0 Å². The van der Waals surface area contributed by atoms with Crippen LogP contribution in [0.4, 0.5) is 4.39 Å². The summed E-state index contributed by atoms with van der Waals surface area (Å²) in [6.45, 7) is 4.17. The second-order valence-corrected chi connectivity index (χ2v) is 5.47. The number of hydrogen-bond donors (Lipinski definition) is 0. The summed E-state index contributed by atoms with van der Waals surface area (Å²) in [7, 11) is 0. The number of halogens is 2. The molecular formula is C14H18ClFO. The summed E-state index contributed by atoms with van der Waals surface area (Å²) in [4.78, 5) is 0. The molecule has 94 valence electrons. The molecule has 0 saturated heterocycles. The second-order valence-electron chi connectivity index (χ2n) is 4.78. The Morgan fingerprint density at radius 3 is 2.94 bits per heavy atom. The van der Waals surface area contributed by atoms with Gasteiger partial charge < -0.3 is 4.74 Å². The first-order chi connectivity index (χ1) is 8.10. The fourth-order valence-corrected chi connectivity index (χ4v) is 2.72. The Morgan fingerprint density at radius 2 is 2.29 bits per heavy atom. The van der Waals surface area contributed by atoms with Crippen LogP contribution < -0.4 is 4.74 Å². The fourth-order valence-electron chi connectivity index (χ4n) is 2.44. The molecule has 0 bridgehead atoms. The van der Waals surface area contributed by atoms with Gasteiger partial charge in [0.05, 0.1) is 0 Å². The normalized spacial score (nSPS) is 21.8. The number of ether oxygens (including phenoxy) is 1. The van der Waals surface area contributed by atoms with Crippen LogP contribution >= 0.6 is 11.6 Å². The third-order valence-electron chi connectivity index (χ3n) is 3.50. The van der Waals surface area contributed by atoms with E-state index in [9.17, 15) is 4.39 Å². The molecule has 0 radical (unpaired) electrons. The highest BCUT2D eigenvalue weighted by atomic mass is 35.5. The zero-order chi connectivity index (χ0) is 12.4. The van der Waals surface area contributed by atoms with Gasteiger partial charge in [0, 0.05) is 17.4 Å². The molecule has 0 spiro atoms. The van der Waals surface area contributed by atoms with Gasteiger partial charge in [-0.05, 0) is 37.5 Å². The van der Waals surface area contributed by atoms with E-state index in [-0.39, 0.29) is 17.3 Å². The summed E-state index contributed by atoms with van der Waals surface area (Å²) < 4.78 is 18.9. The predicted octanol–water partition coefficient (Wildman–Crippen LogP) is 4.17. The van der Waals surface area contributed by atoms with Crippen LogP contribution in [-0.2, 0) is 6.42 Å². The largest absolute Gasteiger partial charge is 0.490 e. The lowest BCUT2D eigenvalue weighted by atomic mass is 9.94. The van der Waals surface area contributed by atoms with E-state index in [0.717, 1.165) is 30.6 Å². The number of benzene rings is 1. The Labute approximate surface area is 107 Å². The zero-order valence-corrected chi connectivity index (χ0v) is 11.0. The molecule has 17 heavy (non-hydrogen) atoms. The Kier molecular flexibility index (Phi) is 3.93. The number of hydrogen-bond acceptors (Lipinski definition) is 1. The van der Waals surface area contributed by atoms with E-state index in [4.69, 9.17) is 16.3 Å². The van der Waals surface area contributed by atoms with Gasteiger partial charge in [-0.1, -0.05) is 13.3 Å². The van der Waals surface area contributed by atoms with Crippen LogP contribution in [0.3, 0.4) is 0 Å². The monoisotopic (exact) mass is 256 g/mol. The van der Waals surface area contributed by atoms with Gasteiger partial charge in [-0.15, -0.1) is 11.6 Å². The molecule has 1 aromatic carbocycles. The molecule has 1 nitrogen and oxygen atoms in total. The van der Waals surface area contributed by atoms with Crippen molar-refractivity contribution in [3.05, 3.63) is 29.6 Å². The molecule has 1 heterocycles. The van der Waals surface area contributed by atoms with Crippen molar-refractivity contribution in [2.45, 2.75) is 44.6 Å². The van der Waals surface area contributed by atoms with Crippen LogP contribution in [0.5, 0.6) is 5.75 Å². The van der Waals surface area contributed by atoms with E-state index < -0.39 is 0 Å². The third-order valence-corrected chi connectivity index (χ3v) is 3.86. The molecule has 0 amide bonds.